The number of hydrogen-bond acceptors (Lipinski definition) is 2. The van der Waals surface area contributed by atoms with E-state index in [2.05, 4.69) is 41.5 Å². The lowest BCUT2D eigenvalue weighted by molar-refractivity contribution is -0.117. The Labute approximate surface area is 184 Å². The predicted molar refractivity (Wildman–Crippen MR) is 124 cm³/mol. The molecular formula is C26H34F2N2O. The lowest BCUT2D eigenvalue weighted by Crippen LogP contribution is -2.50. The van der Waals surface area contributed by atoms with Crippen molar-refractivity contribution < 1.29 is 13.6 Å². The molecule has 0 saturated heterocycles. The molecular weight excluding hydrogens is 394 g/mol. The third-order valence-electron chi connectivity index (χ3n) is 6.70. The van der Waals surface area contributed by atoms with Gasteiger partial charge in [-0.1, -0.05) is 27.7 Å². The quantitative estimate of drug-likeness (QED) is 0.477. The first-order valence-corrected chi connectivity index (χ1v) is 10.9. The van der Waals surface area contributed by atoms with Gasteiger partial charge in [0.05, 0.1) is 0 Å². The Hall–Kier alpha value is -2.43. The number of halogens is 2. The SMILES string of the molecule is CC(=O)N1c2ccc(F)cc2C(C)CC1(C)C.CC1CC(C)(C)c2c(F)ccc(N)c21. The second-order valence-corrected chi connectivity index (χ2v) is 10.4. The van der Waals surface area contributed by atoms with E-state index in [1.165, 1.54) is 12.1 Å². The smallest absolute Gasteiger partial charge is 0.224 e. The van der Waals surface area contributed by atoms with E-state index in [-0.39, 0.29) is 34.4 Å². The van der Waals surface area contributed by atoms with Crippen LogP contribution in [0.15, 0.2) is 30.3 Å². The highest BCUT2D eigenvalue weighted by atomic mass is 19.1. The first-order valence-electron chi connectivity index (χ1n) is 10.9. The Balaban J connectivity index is 0.000000179. The summed E-state index contributed by atoms with van der Waals surface area (Å²) in [6, 6.07) is 7.83. The van der Waals surface area contributed by atoms with Gasteiger partial charge in [-0.15, -0.1) is 0 Å². The van der Waals surface area contributed by atoms with Crippen LogP contribution in [0.1, 0.15) is 89.8 Å². The number of carbonyl (C=O) groups excluding carboxylic acids is 1. The van der Waals surface area contributed by atoms with Crippen LogP contribution in [0.25, 0.3) is 0 Å². The minimum absolute atomic E-state index is 0.00904. The lowest BCUT2D eigenvalue weighted by atomic mass is 9.80. The first-order chi connectivity index (χ1) is 14.3. The Morgan fingerprint density at radius 2 is 1.68 bits per heavy atom. The summed E-state index contributed by atoms with van der Waals surface area (Å²) in [5.74, 6) is 0.305. The number of rotatable bonds is 0. The molecule has 168 valence electrons. The minimum atomic E-state index is -0.237. The zero-order valence-corrected chi connectivity index (χ0v) is 19.6. The summed E-state index contributed by atoms with van der Waals surface area (Å²) in [7, 11) is 0. The van der Waals surface area contributed by atoms with Gasteiger partial charge in [0.25, 0.3) is 0 Å². The van der Waals surface area contributed by atoms with E-state index < -0.39 is 0 Å². The molecule has 1 heterocycles. The Kier molecular flexibility index (Phi) is 5.94. The van der Waals surface area contributed by atoms with E-state index in [9.17, 15) is 13.6 Å². The Morgan fingerprint density at radius 3 is 2.26 bits per heavy atom. The maximum absolute atomic E-state index is 13.7. The second kappa shape index (κ2) is 7.92. The average Bonchev–Trinajstić information content (AvgIpc) is 2.88. The summed E-state index contributed by atoms with van der Waals surface area (Å²) in [6.45, 7) is 14.0. The third kappa shape index (κ3) is 4.19. The number of anilines is 2. The fourth-order valence-electron chi connectivity index (χ4n) is 5.79. The van der Waals surface area contributed by atoms with Crippen molar-refractivity contribution in [1.82, 2.24) is 0 Å². The molecule has 0 radical (unpaired) electrons. The highest BCUT2D eigenvalue weighted by Crippen LogP contribution is 2.49. The van der Waals surface area contributed by atoms with Gasteiger partial charge >= 0.3 is 0 Å². The highest BCUT2D eigenvalue weighted by molar-refractivity contribution is 5.94. The Morgan fingerprint density at radius 1 is 1.03 bits per heavy atom. The molecule has 31 heavy (non-hydrogen) atoms. The van der Waals surface area contributed by atoms with Crippen molar-refractivity contribution in [3.63, 3.8) is 0 Å². The molecule has 2 N–H and O–H groups in total. The highest BCUT2D eigenvalue weighted by Gasteiger charge is 2.39. The maximum atomic E-state index is 13.7. The monoisotopic (exact) mass is 428 g/mol. The summed E-state index contributed by atoms with van der Waals surface area (Å²) in [4.78, 5) is 13.6. The molecule has 1 aliphatic carbocycles. The fourth-order valence-corrected chi connectivity index (χ4v) is 5.79. The normalized spacial score (nSPS) is 22.8. The van der Waals surface area contributed by atoms with Gasteiger partial charge in [0.15, 0.2) is 0 Å². The van der Waals surface area contributed by atoms with E-state index in [0.29, 0.717) is 5.92 Å². The van der Waals surface area contributed by atoms with Crippen molar-refractivity contribution in [3.8, 4) is 0 Å². The number of carbonyl (C=O) groups is 1. The van der Waals surface area contributed by atoms with Crippen LogP contribution in [0.3, 0.4) is 0 Å². The van der Waals surface area contributed by atoms with Crippen LogP contribution in [0.5, 0.6) is 0 Å². The summed E-state index contributed by atoms with van der Waals surface area (Å²) < 4.78 is 27.0. The van der Waals surface area contributed by atoms with Gasteiger partial charge in [0.2, 0.25) is 5.91 Å². The minimum Gasteiger partial charge on any atom is -0.398 e. The molecule has 3 nitrogen and oxygen atoms in total. The van der Waals surface area contributed by atoms with Crippen molar-refractivity contribution in [2.45, 2.75) is 84.1 Å². The second-order valence-electron chi connectivity index (χ2n) is 10.4. The zero-order chi connectivity index (χ0) is 23.3. The predicted octanol–water partition coefficient (Wildman–Crippen LogP) is 6.66. The van der Waals surface area contributed by atoms with Crippen LogP contribution in [0.2, 0.25) is 0 Å². The molecule has 0 bridgehead atoms. The summed E-state index contributed by atoms with van der Waals surface area (Å²) in [5.41, 5.74) is 9.96. The molecule has 2 aromatic rings. The molecule has 4 rings (SSSR count). The number of benzene rings is 2. The average molecular weight is 429 g/mol. The molecule has 5 heteroatoms. The van der Waals surface area contributed by atoms with Gasteiger partial charge in [-0.25, -0.2) is 8.78 Å². The maximum Gasteiger partial charge on any atom is 0.224 e. The van der Waals surface area contributed by atoms with Gasteiger partial charge < -0.3 is 10.6 Å². The van der Waals surface area contributed by atoms with Crippen molar-refractivity contribution in [1.29, 1.82) is 0 Å². The first kappa shape index (κ1) is 23.2. The van der Waals surface area contributed by atoms with E-state index in [1.807, 2.05) is 0 Å². The van der Waals surface area contributed by atoms with Crippen LogP contribution in [0, 0.1) is 11.6 Å². The van der Waals surface area contributed by atoms with Gasteiger partial charge in [-0.2, -0.15) is 0 Å². The fraction of sp³-hybridized carbons (Fsp3) is 0.500. The molecule has 2 atom stereocenters. The molecule has 0 saturated carbocycles. The number of nitrogens with two attached hydrogens (primary N) is 1. The van der Waals surface area contributed by atoms with E-state index in [0.717, 1.165) is 40.9 Å². The molecule has 2 aliphatic rings. The summed E-state index contributed by atoms with van der Waals surface area (Å²) in [5, 5.41) is 0. The standard InChI is InChI=1S/C14H18FNO.C12H16FN/c1-9-8-14(3,4)16(10(2)17)13-6-5-11(15)7-12(9)13;1-7-6-12(2,3)11-8(13)4-5-9(14)10(7)11/h5-7,9H,8H2,1-4H3;4-5,7H,6,14H2,1-3H3. The molecule has 1 amide bonds. The van der Waals surface area contributed by atoms with Crippen LogP contribution in [0.4, 0.5) is 20.2 Å². The number of amides is 1. The Bertz CT molecular complexity index is 1010. The lowest BCUT2D eigenvalue weighted by Gasteiger charge is -2.45. The largest absolute Gasteiger partial charge is 0.398 e. The molecule has 0 fully saturated rings. The number of fused-ring (bicyclic) bond motifs is 2. The van der Waals surface area contributed by atoms with Gasteiger partial charge in [0.1, 0.15) is 11.6 Å². The number of nitrogen functional groups attached to an aromatic ring is 1. The van der Waals surface area contributed by atoms with Gasteiger partial charge in [0, 0.05) is 23.8 Å². The molecule has 2 unspecified atom stereocenters. The van der Waals surface area contributed by atoms with E-state index in [1.54, 1.807) is 30.0 Å². The van der Waals surface area contributed by atoms with Crippen molar-refractivity contribution in [3.05, 3.63) is 58.7 Å². The van der Waals surface area contributed by atoms with Crippen molar-refractivity contribution in [2.75, 3.05) is 10.6 Å². The molecule has 2 aromatic carbocycles. The third-order valence-corrected chi connectivity index (χ3v) is 6.70. The molecule has 0 spiro atoms. The van der Waals surface area contributed by atoms with Crippen molar-refractivity contribution in [2.24, 2.45) is 0 Å². The van der Waals surface area contributed by atoms with Crippen LogP contribution < -0.4 is 10.6 Å². The van der Waals surface area contributed by atoms with E-state index >= 15 is 0 Å². The van der Waals surface area contributed by atoms with Crippen molar-refractivity contribution >= 4 is 17.3 Å². The summed E-state index contributed by atoms with van der Waals surface area (Å²) >= 11 is 0. The number of hydrogen-bond donors (Lipinski definition) is 1. The molecule has 1 aliphatic heterocycles. The van der Waals surface area contributed by atoms with Crippen LogP contribution in [-0.4, -0.2) is 11.4 Å². The number of nitrogens with zero attached hydrogens (tertiary/aromatic N) is 1. The van der Waals surface area contributed by atoms with E-state index in [4.69, 9.17) is 5.73 Å². The van der Waals surface area contributed by atoms with Gasteiger partial charge in [-0.05, 0) is 91.0 Å². The van der Waals surface area contributed by atoms with Gasteiger partial charge in [-0.3, -0.25) is 4.79 Å². The zero-order valence-electron chi connectivity index (χ0n) is 19.6. The van der Waals surface area contributed by atoms with Crippen LogP contribution in [-0.2, 0) is 10.2 Å². The molecule has 0 aromatic heterocycles. The van der Waals surface area contributed by atoms with Crippen LogP contribution >= 0.6 is 0 Å². The topological polar surface area (TPSA) is 46.3 Å². The summed E-state index contributed by atoms with van der Waals surface area (Å²) in [6.07, 6.45) is 1.83.